The van der Waals surface area contributed by atoms with E-state index in [4.69, 9.17) is 9.47 Å². The van der Waals surface area contributed by atoms with E-state index in [2.05, 4.69) is 34.5 Å². The summed E-state index contributed by atoms with van der Waals surface area (Å²) in [6, 6.07) is 2.77. The predicted molar refractivity (Wildman–Crippen MR) is 161 cm³/mol. The number of carbonyl (C=O) groups excluding carboxylic acids is 2. The zero-order valence-corrected chi connectivity index (χ0v) is 25.5. The summed E-state index contributed by atoms with van der Waals surface area (Å²) in [4.78, 5) is 28.7. The molecule has 0 bridgehead atoms. The predicted octanol–water partition coefficient (Wildman–Crippen LogP) is 3.62. The van der Waals surface area contributed by atoms with Crippen molar-refractivity contribution in [3.05, 3.63) is 45.6 Å². The third-order valence-corrected chi connectivity index (χ3v) is 8.40. The van der Waals surface area contributed by atoms with Crippen LogP contribution in [0.2, 0.25) is 0 Å². The number of aliphatic hydroxyl groups excluding tert-OH is 3. The highest BCUT2D eigenvalue weighted by Gasteiger charge is 2.43. The standard InChI is InChI=1S/C30H43IN2O7/c1-3-4-5-9-12-27(36)33(22-10-7-6-8-11-22)24-17-21(30(38)32-13-14-34)18-25(28(24)37)40-29-23(31)15-20(19-35)16-26(29)39-2/h3,15-16,18,22,24-25,28,34-35,37H,1,4-14,17,19H2,2H3,(H,32,38). The van der Waals surface area contributed by atoms with Crippen LogP contribution in [-0.2, 0) is 16.2 Å². The molecule has 0 aromatic heterocycles. The Kier molecular flexibility index (Phi) is 13.2. The fraction of sp³-hybridized carbons (Fsp3) is 0.600. The number of aliphatic hydroxyl groups is 3. The van der Waals surface area contributed by atoms with Gasteiger partial charge in [0.25, 0.3) is 0 Å². The Morgan fingerprint density at radius 1 is 1.20 bits per heavy atom. The second kappa shape index (κ2) is 16.3. The molecule has 0 radical (unpaired) electrons. The third-order valence-electron chi connectivity index (χ3n) is 7.60. The molecule has 0 heterocycles. The molecule has 2 aliphatic carbocycles. The van der Waals surface area contributed by atoms with Gasteiger partial charge in [-0.1, -0.05) is 25.3 Å². The van der Waals surface area contributed by atoms with Crippen molar-refractivity contribution in [3.63, 3.8) is 0 Å². The Balaban J connectivity index is 1.98. The SMILES string of the molecule is C=CCCCCC(=O)N(C1CCCCC1)C1CC(C(=O)NCCO)=CC(Oc2c(I)cc(CO)cc2OC)C1O. The van der Waals surface area contributed by atoms with Gasteiger partial charge < -0.3 is 35.0 Å². The van der Waals surface area contributed by atoms with Gasteiger partial charge in [-0.15, -0.1) is 6.58 Å². The van der Waals surface area contributed by atoms with E-state index in [0.717, 1.165) is 51.4 Å². The van der Waals surface area contributed by atoms with Gasteiger partial charge in [-0.2, -0.15) is 0 Å². The Morgan fingerprint density at radius 2 is 1.95 bits per heavy atom. The van der Waals surface area contributed by atoms with Crippen molar-refractivity contribution < 1.29 is 34.4 Å². The average molecular weight is 671 g/mol. The highest BCUT2D eigenvalue weighted by Crippen LogP contribution is 2.38. The van der Waals surface area contributed by atoms with Gasteiger partial charge in [-0.3, -0.25) is 9.59 Å². The van der Waals surface area contributed by atoms with Crippen molar-refractivity contribution in [2.45, 2.75) is 95.1 Å². The van der Waals surface area contributed by atoms with Crippen molar-refractivity contribution in [1.82, 2.24) is 10.2 Å². The minimum Gasteiger partial charge on any atom is -0.493 e. The molecule has 1 aromatic rings. The number of nitrogens with one attached hydrogen (secondary N) is 1. The van der Waals surface area contributed by atoms with Crippen LogP contribution in [-0.4, -0.2) is 76.6 Å². The lowest BCUT2D eigenvalue weighted by Crippen LogP contribution is -2.58. The number of unbranched alkanes of at least 4 members (excludes halogenated alkanes) is 2. The maximum Gasteiger partial charge on any atom is 0.247 e. The lowest BCUT2D eigenvalue weighted by molar-refractivity contribution is -0.143. The fourth-order valence-electron chi connectivity index (χ4n) is 5.58. The number of rotatable bonds is 14. The van der Waals surface area contributed by atoms with Crippen LogP contribution < -0.4 is 14.8 Å². The van der Waals surface area contributed by atoms with Crippen LogP contribution in [0.3, 0.4) is 0 Å². The van der Waals surface area contributed by atoms with Crippen LogP contribution in [0.1, 0.15) is 69.8 Å². The van der Waals surface area contributed by atoms with Gasteiger partial charge >= 0.3 is 0 Å². The lowest BCUT2D eigenvalue weighted by Gasteiger charge is -2.45. The number of benzene rings is 1. The molecule has 2 amide bonds. The molecule has 3 rings (SSSR count). The van der Waals surface area contributed by atoms with Crippen LogP contribution >= 0.6 is 22.6 Å². The average Bonchev–Trinajstić information content (AvgIpc) is 2.97. The number of halogens is 1. The van der Waals surface area contributed by atoms with Crippen LogP contribution in [0.25, 0.3) is 0 Å². The van der Waals surface area contributed by atoms with Crippen LogP contribution in [0.15, 0.2) is 36.4 Å². The van der Waals surface area contributed by atoms with E-state index in [-0.39, 0.29) is 44.0 Å². The molecule has 0 spiro atoms. The number of hydrogen-bond donors (Lipinski definition) is 4. The molecular weight excluding hydrogens is 627 g/mol. The molecule has 10 heteroatoms. The number of ether oxygens (including phenoxy) is 2. The first kappa shape index (κ1) is 32.4. The van der Waals surface area contributed by atoms with Crippen molar-refractivity contribution >= 4 is 34.4 Å². The number of nitrogens with zero attached hydrogens (tertiary/aromatic N) is 1. The van der Waals surface area contributed by atoms with Crippen molar-refractivity contribution in [3.8, 4) is 11.5 Å². The monoisotopic (exact) mass is 670 g/mol. The summed E-state index contributed by atoms with van der Waals surface area (Å²) < 4.78 is 12.5. The van der Waals surface area contributed by atoms with E-state index in [1.165, 1.54) is 7.11 Å². The van der Waals surface area contributed by atoms with E-state index in [1.807, 2.05) is 11.0 Å². The number of allylic oxidation sites excluding steroid dienone is 1. The molecule has 1 fully saturated rings. The molecule has 0 saturated heterocycles. The van der Waals surface area contributed by atoms with E-state index in [0.29, 0.717) is 32.6 Å². The van der Waals surface area contributed by atoms with Gasteiger partial charge in [0.15, 0.2) is 11.5 Å². The van der Waals surface area contributed by atoms with Gasteiger partial charge in [0.1, 0.15) is 12.2 Å². The fourth-order valence-corrected chi connectivity index (χ4v) is 6.37. The van der Waals surface area contributed by atoms with Gasteiger partial charge in [-0.25, -0.2) is 0 Å². The van der Waals surface area contributed by atoms with Gasteiger partial charge in [-0.05, 0) is 78.5 Å². The van der Waals surface area contributed by atoms with E-state index < -0.39 is 18.2 Å². The first-order valence-corrected chi connectivity index (χ1v) is 15.3. The van der Waals surface area contributed by atoms with Gasteiger partial charge in [0.2, 0.25) is 11.8 Å². The van der Waals surface area contributed by atoms with Gasteiger partial charge in [0, 0.05) is 31.0 Å². The first-order valence-electron chi connectivity index (χ1n) is 14.2. The smallest absolute Gasteiger partial charge is 0.247 e. The Morgan fingerprint density at radius 3 is 2.60 bits per heavy atom. The summed E-state index contributed by atoms with van der Waals surface area (Å²) in [5, 5.41) is 33.3. The normalized spacial score (nSPS) is 21.3. The number of hydrogen-bond acceptors (Lipinski definition) is 7. The van der Waals surface area contributed by atoms with E-state index >= 15 is 0 Å². The second-order valence-corrected chi connectivity index (χ2v) is 11.6. The van der Waals surface area contributed by atoms with Crippen molar-refractivity contribution in [1.29, 1.82) is 0 Å². The zero-order chi connectivity index (χ0) is 29.1. The van der Waals surface area contributed by atoms with Gasteiger partial charge in [0.05, 0.1) is 29.9 Å². The number of amides is 2. The molecule has 4 N–H and O–H groups in total. The Bertz CT molecular complexity index is 1040. The molecule has 3 unspecified atom stereocenters. The topological polar surface area (TPSA) is 129 Å². The molecule has 40 heavy (non-hydrogen) atoms. The summed E-state index contributed by atoms with van der Waals surface area (Å²) in [7, 11) is 1.50. The van der Waals surface area contributed by atoms with Crippen molar-refractivity contribution in [2.24, 2.45) is 0 Å². The molecule has 1 aromatic carbocycles. The number of carbonyl (C=O) groups is 2. The largest absolute Gasteiger partial charge is 0.493 e. The summed E-state index contributed by atoms with van der Waals surface area (Å²) in [6.07, 6.45) is 9.27. The molecule has 222 valence electrons. The highest BCUT2D eigenvalue weighted by molar-refractivity contribution is 14.1. The first-order chi connectivity index (χ1) is 19.3. The summed E-state index contributed by atoms with van der Waals surface area (Å²) in [5.74, 6) is 0.401. The quantitative estimate of drug-likeness (QED) is 0.135. The summed E-state index contributed by atoms with van der Waals surface area (Å²) in [6.45, 7) is 3.49. The maximum absolute atomic E-state index is 13.7. The molecule has 3 atom stereocenters. The van der Waals surface area contributed by atoms with Crippen LogP contribution in [0.5, 0.6) is 11.5 Å². The van der Waals surface area contributed by atoms with Crippen molar-refractivity contribution in [2.75, 3.05) is 20.3 Å². The third kappa shape index (κ3) is 8.43. The Labute approximate surface area is 250 Å². The molecule has 9 nitrogen and oxygen atoms in total. The molecule has 2 aliphatic rings. The Hall–Kier alpha value is -2.15. The summed E-state index contributed by atoms with van der Waals surface area (Å²) in [5.41, 5.74) is 1.05. The second-order valence-electron chi connectivity index (χ2n) is 10.4. The zero-order valence-electron chi connectivity index (χ0n) is 23.3. The van der Waals surface area contributed by atoms with Crippen LogP contribution in [0.4, 0.5) is 0 Å². The molecule has 0 aliphatic heterocycles. The summed E-state index contributed by atoms with van der Waals surface area (Å²) >= 11 is 2.09. The lowest BCUT2D eigenvalue weighted by atomic mass is 9.85. The molecular formula is C30H43IN2O7. The van der Waals surface area contributed by atoms with E-state index in [1.54, 1.807) is 18.2 Å². The van der Waals surface area contributed by atoms with E-state index in [9.17, 15) is 24.9 Å². The minimum atomic E-state index is -1.09. The minimum absolute atomic E-state index is 0.0145. The van der Waals surface area contributed by atoms with Crippen LogP contribution in [0, 0.1) is 3.57 Å². The highest BCUT2D eigenvalue weighted by atomic mass is 127. The number of methoxy groups -OCH3 is 1. The molecule has 1 saturated carbocycles. The maximum atomic E-state index is 13.7.